The van der Waals surface area contributed by atoms with Gasteiger partial charge in [0.05, 0.1) is 39.3 Å². The first-order chi connectivity index (χ1) is 17.2. The zero-order chi connectivity index (χ0) is 28.0. The monoisotopic (exact) mass is 532 g/mol. The molecule has 1 N–H and O–H groups in total. The van der Waals surface area contributed by atoms with E-state index in [9.17, 15) is 19.2 Å². The number of aliphatic carboxylic acids is 1. The van der Waals surface area contributed by atoms with Crippen molar-refractivity contribution >= 4 is 23.9 Å². The fourth-order valence-corrected chi connectivity index (χ4v) is 1.43. The van der Waals surface area contributed by atoms with E-state index in [-0.39, 0.29) is 33.9 Å². The van der Waals surface area contributed by atoms with E-state index in [1.54, 1.807) is 6.92 Å². The average molecular weight is 533 g/mol. The van der Waals surface area contributed by atoms with Gasteiger partial charge in [0, 0.05) is 24.3 Å². The van der Waals surface area contributed by atoms with Crippen LogP contribution in [-0.2, 0) is 52.3 Å². The molecule has 0 saturated heterocycles. The van der Waals surface area contributed by atoms with Gasteiger partial charge in [0.2, 0.25) is 6.29 Å². The third kappa shape index (κ3) is 39.8. The smallest absolute Gasteiger partial charge is 0.332 e. The fraction of sp³-hybridized carbons (Fsp3) is 0.440. The maximum Gasteiger partial charge on any atom is 0.332 e. The molecule has 0 aliphatic rings. The Kier molecular flexibility index (Phi) is 35.3. The van der Waals surface area contributed by atoms with E-state index >= 15 is 0 Å². The van der Waals surface area contributed by atoms with Crippen molar-refractivity contribution in [3.8, 4) is 0 Å². The molecule has 0 amide bonds. The van der Waals surface area contributed by atoms with Crippen molar-refractivity contribution in [2.45, 2.75) is 20.6 Å². The van der Waals surface area contributed by atoms with E-state index in [2.05, 4.69) is 42.4 Å². The van der Waals surface area contributed by atoms with E-state index in [0.717, 1.165) is 24.3 Å². The summed E-state index contributed by atoms with van der Waals surface area (Å²) in [5, 5.41) is 7.60. The largest absolute Gasteiger partial charge is 0.499 e. The Hall–Kier alpha value is -3.74. The number of hydrogen-bond donors (Lipinski definition) is 1. The van der Waals surface area contributed by atoms with Crippen LogP contribution in [-0.4, -0.2) is 88.1 Å². The number of rotatable bonds is 19. The van der Waals surface area contributed by atoms with E-state index in [1.807, 2.05) is 0 Å². The van der Waals surface area contributed by atoms with Gasteiger partial charge in [0.25, 0.3) is 0 Å². The van der Waals surface area contributed by atoms with Gasteiger partial charge in [-0.05, 0) is 6.92 Å². The number of carboxylic acids is 1. The third-order valence-corrected chi connectivity index (χ3v) is 2.94. The molecule has 1 atom stereocenters. The molecule has 0 aromatic carbocycles. The van der Waals surface area contributed by atoms with Crippen LogP contribution in [0.4, 0.5) is 0 Å². The van der Waals surface area contributed by atoms with Gasteiger partial charge in [0.15, 0.2) is 0 Å². The Balaban J connectivity index is -0.000000251. The molecule has 0 aliphatic heterocycles. The minimum Gasteiger partial charge on any atom is -0.499 e. The minimum absolute atomic E-state index is 0. The van der Waals surface area contributed by atoms with Crippen molar-refractivity contribution in [1.82, 2.24) is 0 Å². The van der Waals surface area contributed by atoms with E-state index in [4.69, 9.17) is 28.8 Å². The van der Waals surface area contributed by atoms with Crippen LogP contribution < -0.4 is 0 Å². The molecule has 37 heavy (non-hydrogen) atoms. The number of carbonyl (C=O) groups is 4. The van der Waals surface area contributed by atoms with Crippen LogP contribution in [0.1, 0.15) is 14.4 Å². The van der Waals surface area contributed by atoms with Crippen LogP contribution >= 0.6 is 0 Å². The predicted molar refractivity (Wildman–Crippen MR) is 136 cm³/mol. The molecule has 0 aromatic rings. The molecule has 12 nitrogen and oxygen atoms in total. The van der Waals surface area contributed by atoms with Gasteiger partial charge in [-0.25, -0.2) is 19.2 Å². The normalized spacial score (nSPS) is 9.54. The minimum atomic E-state index is -0.981. The van der Waals surface area contributed by atoms with Gasteiger partial charge in [-0.15, -0.1) is 0 Å². The van der Waals surface area contributed by atoms with Crippen molar-refractivity contribution in [2.24, 2.45) is 0 Å². The Bertz CT molecular complexity index is 673. The lowest BCUT2D eigenvalue weighted by molar-refractivity contribution is -0.171. The zero-order valence-electron chi connectivity index (χ0n) is 20.6. The number of ether oxygens (including phenoxy) is 7. The van der Waals surface area contributed by atoms with Crippen LogP contribution in [0.2, 0.25) is 0 Å². The first-order valence-electron chi connectivity index (χ1n) is 10.4. The summed E-state index contributed by atoms with van der Waals surface area (Å²) in [6, 6.07) is 0. The summed E-state index contributed by atoms with van der Waals surface area (Å²) in [5.74, 6) is -2.45. The Morgan fingerprint density at radius 3 is 1.46 bits per heavy atom. The predicted octanol–water partition coefficient (Wildman–Crippen LogP) is 2.61. The van der Waals surface area contributed by atoms with Crippen molar-refractivity contribution in [3.05, 3.63) is 63.5 Å². The van der Waals surface area contributed by atoms with Crippen LogP contribution in [0.5, 0.6) is 0 Å². The second-order valence-electron chi connectivity index (χ2n) is 5.63. The fourth-order valence-electron chi connectivity index (χ4n) is 1.43. The van der Waals surface area contributed by atoms with Crippen molar-refractivity contribution in [1.29, 1.82) is 0 Å². The van der Waals surface area contributed by atoms with Crippen LogP contribution in [0, 0.1) is 0 Å². The standard InChI is InChI=1S/C12H18O6.C9H14O4.C3H4O2.CH4/c1-4-11(13)17-9-7-15-6-8-16-10(3)18-12(14)5-2;1-3-9(10)13-8-7-12-6-5-11-4-2;1-2-3(4)5;/h4-5,10H,1-2,6-9H2,3H3;3-4H,1-2,5-8H2;2H,1H2,(H,4,5);1H4. The summed E-state index contributed by atoms with van der Waals surface area (Å²) < 4.78 is 34.2. The summed E-state index contributed by atoms with van der Waals surface area (Å²) in [6.45, 7) is 20.2. The first kappa shape index (κ1) is 40.4. The lowest BCUT2D eigenvalue weighted by Gasteiger charge is -2.12. The molecule has 0 fully saturated rings. The van der Waals surface area contributed by atoms with Crippen LogP contribution in [0.15, 0.2) is 63.5 Å². The lowest BCUT2D eigenvalue weighted by atomic mass is 10.6. The molecule has 0 saturated carbocycles. The van der Waals surface area contributed by atoms with E-state index in [0.29, 0.717) is 26.4 Å². The van der Waals surface area contributed by atoms with Crippen LogP contribution in [0.3, 0.4) is 0 Å². The van der Waals surface area contributed by atoms with Gasteiger partial charge in [-0.1, -0.05) is 40.3 Å². The van der Waals surface area contributed by atoms with Gasteiger partial charge in [0.1, 0.15) is 19.8 Å². The van der Waals surface area contributed by atoms with Crippen molar-refractivity contribution in [3.63, 3.8) is 0 Å². The molecule has 212 valence electrons. The van der Waals surface area contributed by atoms with Gasteiger partial charge in [-0.3, -0.25) is 0 Å². The first-order valence-corrected chi connectivity index (χ1v) is 10.4. The quantitative estimate of drug-likeness (QED) is 0.0649. The van der Waals surface area contributed by atoms with E-state index < -0.39 is 30.2 Å². The van der Waals surface area contributed by atoms with Gasteiger partial charge < -0.3 is 38.3 Å². The zero-order valence-corrected chi connectivity index (χ0v) is 20.6. The van der Waals surface area contributed by atoms with Gasteiger partial charge in [-0.2, -0.15) is 0 Å². The number of esters is 3. The molecule has 0 spiro atoms. The summed E-state index contributed by atoms with van der Waals surface area (Å²) in [5.41, 5.74) is 0. The van der Waals surface area contributed by atoms with E-state index in [1.165, 1.54) is 6.26 Å². The molecule has 0 bridgehead atoms. The highest BCUT2D eigenvalue weighted by atomic mass is 16.7. The van der Waals surface area contributed by atoms with Crippen molar-refractivity contribution < 1.29 is 57.4 Å². The average Bonchev–Trinajstić information content (AvgIpc) is 2.87. The molecular formula is C25H40O12. The van der Waals surface area contributed by atoms with Crippen molar-refractivity contribution in [2.75, 3.05) is 52.9 Å². The van der Waals surface area contributed by atoms with Crippen LogP contribution in [0.25, 0.3) is 0 Å². The maximum atomic E-state index is 10.8. The third-order valence-electron chi connectivity index (χ3n) is 2.94. The molecule has 0 aliphatic carbocycles. The molecule has 0 heterocycles. The molecule has 0 aromatic heterocycles. The Morgan fingerprint density at radius 2 is 1.08 bits per heavy atom. The highest BCUT2D eigenvalue weighted by Gasteiger charge is 2.05. The summed E-state index contributed by atoms with van der Waals surface area (Å²) in [6.07, 6.45) is 4.78. The highest BCUT2D eigenvalue weighted by molar-refractivity contribution is 5.81. The molecule has 12 heteroatoms. The summed E-state index contributed by atoms with van der Waals surface area (Å²) >= 11 is 0. The molecule has 0 radical (unpaired) electrons. The molecular weight excluding hydrogens is 492 g/mol. The summed E-state index contributed by atoms with van der Waals surface area (Å²) in [4.78, 5) is 41.2. The topological polar surface area (TPSA) is 153 Å². The number of hydrogen-bond acceptors (Lipinski definition) is 11. The summed E-state index contributed by atoms with van der Waals surface area (Å²) in [7, 11) is 0. The second-order valence-corrected chi connectivity index (χ2v) is 5.63. The number of carboxylic acid groups (broad SMARTS) is 1. The Labute approximate surface area is 218 Å². The second kappa shape index (κ2) is 32.3. The SMILES string of the molecule is C.C=CC(=O)O.C=CC(=O)OCCOCCOC(C)OC(=O)C=C.C=COCCOCCOC(=O)C=C. The lowest BCUT2D eigenvalue weighted by Crippen LogP contribution is -2.19. The Morgan fingerprint density at radius 1 is 0.676 bits per heavy atom. The van der Waals surface area contributed by atoms with Gasteiger partial charge >= 0.3 is 23.9 Å². The molecule has 0 rings (SSSR count). The number of carbonyl (C=O) groups excluding carboxylic acids is 3. The highest BCUT2D eigenvalue weighted by Crippen LogP contribution is 1.94. The maximum absolute atomic E-state index is 10.8. The molecule has 1 unspecified atom stereocenters.